The number of halogens is 2. The lowest BCUT2D eigenvalue weighted by atomic mass is 9.99. The van der Waals surface area contributed by atoms with Crippen LogP contribution in [0.15, 0.2) is 12.1 Å². The Morgan fingerprint density at radius 3 is 2.45 bits per heavy atom. The van der Waals surface area contributed by atoms with Gasteiger partial charge in [0, 0.05) is 6.07 Å². The largest absolute Gasteiger partial charge is 0.465 e. The first-order valence-corrected chi connectivity index (χ1v) is 5.90. The number of esters is 1. The molecule has 0 aliphatic heterocycles. The lowest BCUT2D eigenvalue weighted by molar-refractivity contribution is -0.120. The number of rotatable bonds is 4. The molecule has 0 heterocycles. The molecule has 0 radical (unpaired) electrons. The second kappa shape index (κ2) is 5.96. The molecule has 0 aliphatic carbocycles. The number of ether oxygens (including phenoxy) is 1. The van der Waals surface area contributed by atoms with Crippen LogP contribution in [0.1, 0.15) is 30.6 Å². The molecule has 0 aliphatic rings. The Bertz CT molecular complexity index is 545. The molecule has 0 aromatic heterocycles. The number of amides is 1. The van der Waals surface area contributed by atoms with E-state index >= 15 is 0 Å². The average Bonchev–Trinajstić information content (AvgIpc) is 2.40. The van der Waals surface area contributed by atoms with Crippen molar-refractivity contribution in [3.05, 3.63) is 29.3 Å². The predicted octanol–water partition coefficient (Wildman–Crippen LogP) is 1.82. The molecule has 0 saturated heterocycles. The van der Waals surface area contributed by atoms with E-state index in [1.165, 1.54) is 6.92 Å². The van der Waals surface area contributed by atoms with E-state index in [2.05, 4.69) is 10.1 Å². The van der Waals surface area contributed by atoms with Gasteiger partial charge in [0.15, 0.2) is 0 Å². The Kier molecular flexibility index (Phi) is 4.78. The minimum atomic E-state index is -1.20. The van der Waals surface area contributed by atoms with Gasteiger partial charge in [-0.3, -0.25) is 4.79 Å². The lowest BCUT2D eigenvalue weighted by Gasteiger charge is -2.21. The maximum absolute atomic E-state index is 13.6. The highest BCUT2D eigenvalue weighted by molar-refractivity contribution is 5.99. The van der Waals surface area contributed by atoms with Crippen molar-refractivity contribution in [1.82, 2.24) is 0 Å². The number of benzene rings is 1. The highest BCUT2D eigenvalue weighted by Gasteiger charge is 2.27. The monoisotopic (exact) mass is 286 g/mol. The molecule has 5 nitrogen and oxygen atoms in total. The first-order chi connectivity index (χ1) is 9.22. The van der Waals surface area contributed by atoms with Crippen molar-refractivity contribution in [2.75, 3.05) is 12.4 Å². The molecule has 1 aromatic carbocycles. The topological polar surface area (TPSA) is 81.4 Å². The third kappa shape index (κ3) is 3.30. The summed E-state index contributed by atoms with van der Waals surface area (Å²) in [7, 11) is 1.07. The summed E-state index contributed by atoms with van der Waals surface area (Å²) >= 11 is 0. The van der Waals surface area contributed by atoms with Gasteiger partial charge in [0.25, 0.3) is 0 Å². The Morgan fingerprint density at radius 2 is 1.95 bits per heavy atom. The summed E-state index contributed by atoms with van der Waals surface area (Å²) in [5, 5.41) is 2.23. The van der Waals surface area contributed by atoms with Crippen LogP contribution in [0.3, 0.4) is 0 Å². The Hall–Kier alpha value is -2.02. The van der Waals surface area contributed by atoms with Crippen LogP contribution in [0.2, 0.25) is 0 Å². The van der Waals surface area contributed by atoms with Gasteiger partial charge in [0.05, 0.1) is 23.9 Å². The number of carbonyl (C=O) groups is 2. The summed E-state index contributed by atoms with van der Waals surface area (Å²) < 4.78 is 31.4. The zero-order valence-electron chi connectivity index (χ0n) is 11.4. The molecule has 1 unspecified atom stereocenters. The van der Waals surface area contributed by atoms with Gasteiger partial charge in [-0.25, -0.2) is 13.6 Å². The van der Waals surface area contributed by atoms with Gasteiger partial charge in [-0.05, 0) is 19.4 Å². The summed E-state index contributed by atoms with van der Waals surface area (Å²) in [6, 6.07) is 1.38. The standard InChI is InChI=1S/C13H16F2N2O3/c1-4-13(2,16)12(19)17-10-5-7(11(18)20-3)8(14)6-9(10)15/h5-6H,4,16H2,1-3H3,(H,17,19). The van der Waals surface area contributed by atoms with Crippen LogP contribution in [-0.4, -0.2) is 24.5 Å². The second-order valence-electron chi connectivity index (χ2n) is 4.53. The molecular formula is C13H16F2N2O3. The van der Waals surface area contributed by atoms with E-state index in [-0.39, 0.29) is 5.69 Å². The van der Waals surface area contributed by atoms with Crippen LogP contribution in [0.5, 0.6) is 0 Å². The summed E-state index contributed by atoms with van der Waals surface area (Å²) in [5.74, 6) is -3.68. The molecule has 0 spiro atoms. The SMILES string of the molecule is CCC(C)(N)C(=O)Nc1cc(C(=O)OC)c(F)cc1F. The van der Waals surface area contributed by atoms with E-state index in [0.29, 0.717) is 12.5 Å². The van der Waals surface area contributed by atoms with Crippen LogP contribution < -0.4 is 11.1 Å². The molecule has 20 heavy (non-hydrogen) atoms. The van der Waals surface area contributed by atoms with Crippen molar-refractivity contribution in [2.24, 2.45) is 5.73 Å². The van der Waals surface area contributed by atoms with Crippen molar-refractivity contribution in [1.29, 1.82) is 0 Å². The van der Waals surface area contributed by atoms with E-state index in [4.69, 9.17) is 5.73 Å². The highest BCUT2D eigenvalue weighted by Crippen LogP contribution is 2.21. The van der Waals surface area contributed by atoms with Gasteiger partial charge in [-0.2, -0.15) is 0 Å². The first kappa shape index (κ1) is 16.0. The molecule has 1 atom stereocenters. The Balaban J connectivity index is 3.13. The normalized spacial score (nSPS) is 13.5. The first-order valence-electron chi connectivity index (χ1n) is 5.90. The number of anilines is 1. The van der Waals surface area contributed by atoms with Gasteiger partial charge in [0.2, 0.25) is 5.91 Å². The number of hydrogen-bond acceptors (Lipinski definition) is 4. The van der Waals surface area contributed by atoms with Crippen molar-refractivity contribution >= 4 is 17.6 Å². The third-order valence-electron chi connectivity index (χ3n) is 2.96. The van der Waals surface area contributed by atoms with Crippen molar-refractivity contribution in [3.8, 4) is 0 Å². The molecule has 0 saturated carbocycles. The number of methoxy groups -OCH3 is 1. The van der Waals surface area contributed by atoms with Gasteiger partial charge < -0.3 is 15.8 Å². The summed E-state index contributed by atoms with van der Waals surface area (Å²) in [6.07, 6.45) is 0.325. The van der Waals surface area contributed by atoms with Crippen LogP contribution in [0, 0.1) is 11.6 Å². The Morgan fingerprint density at radius 1 is 1.35 bits per heavy atom. The average molecular weight is 286 g/mol. The Labute approximate surface area is 115 Å². The summed E-state index contributed by atoms with van der Waals surface area (Å²) in [5.41, 5.74) is 3.70. The zero-order valence-corrected chi connectivity index (χ0v) is 11.4. The molecular weight excluding hydrogens is 270 g/mol. The maximum Gasteiger partial charge on any atom is 0.340 e. The second-order valence-corrected chi connectivity index (χ2v) is 4.53. The minimum absolute atomic E-state index is 0.325. The molecule has 1 rings (SSSR count). The van der Waals surface area contributed by atoms with E-state index in [1.54, 1.807) is 6.92 Å². The van der Waals surface area contributed by atoms with Gasteiger partial charge in [-0.1, -0.05) is 6.92 Å². The van der Waals surface area contributed by atoms with Crippen molar-refractivity contribution in [2.45, 2.75) is 25.8 Å². The molecule has 3 N–H and O–H groups in total. The van der Waals surface area contributed by atoms with Crippen LogP contribution in [-0.2, 0) is 9.53 Å². The van der Waals surface area contributed by atoms with Gasteiger partial charge in [0.1, 0.15) is 11.6 Å². The number of nitrogens with two attached hydrogens (primary N) is 1. The fourth-order valence-electron chi connectivity index (χ4n) is 1.34. The van der Waals surface area contributed by atoms with Crippen molar-refractivity contribution < 1.29 is 23.1 Å². The molecule has 1 aromatic rings. The minimum Gasteiger partial charge on any atom is -0.465 e. The number of nitrogens with one attached hydrogen (secondary N) is 1. The number of hydrogen-bond donors (Lipinski definition) is 2. The zero-order chi connectivity index (χ0) is 15.5. The smallest absolute Gasteiger partial charge is 0.340 e. The number of carbonyl (C=O) groups excluding carboxylic acids is 2. The summed E-state index contributed by atoms with van der Waals surface area (Å²) in [4.78, 5) is 23.2. The van der Waals surface area contributed by atoms with E-state index < -0.39 is 34.6 Å². The van der Waals surface area contributed by atoms with Crippen LogP contribution in [0.4, 0.5) is 14.5 Å². The maximum atomic E-state index is 13.6. The quantitative estimate of drug-likeness (QED) is 0.827. The van der Waals surface area contributed by atoms with E-state index in [1.807, 2.05) is 0 Å². The fourth-order valence-corrected chi connectivity index (χ4v) is 1.34. The molecule has 7 heteroatoms. The van der Waals surface area contributed by atoms with Crippen LogP contribution in [0.25, 0.3) is 0 Å². The van der Waals surface area contributed by atoms with Gasteiger partial charge >= 0.3 is 5.97 Å². The molecule has 0 bridgehead atoms. The lowest BCUT2D eigenvalue weighted by Crippen LogP contribution is -2.47. The third-order valence-corrected chi connectivity index (χ3v) is 2.96. The highest BCUT2D eigenvalue weighted by atomic mass is 19.1. The molecule has 0 fully saturated rings. The van der Waals surface area contributed by atoms with Gasteiger partial charge in [-0.15, -0.1) is 0 Å². The van der Waals surface area contributed by atoms with E-state index in [0.717, 1.165) is 13.2 Å². The predicted molar refractivity (Wildman–Crippen MR) is 69.2 cm³/mol. The summed E-state index contributed by atoms with van der Waals surface area (Å²) in [6.45, 7) is 3.17. The fraction of sp³-hybridized carbons (Fsp3) is 0.385. The van der Waals surface area contributed by atoms with Crippen LogP contribution >= 0.6 is 0 Å². The molecule has 110 valence electrons. The molecule has 1 amide bonds. The van der Waals surface area contributed by atoms with Crippen molar-refractivity contribution in [3.63, 3.8) is 0 Å². The van der Waals surface area contributed by atoms with E-state index in [9.17, 15) is 18.4 Å².